The van der Waals surface area contributed by atoms with E-state index in [-0.39, 0.29) is 0 Å². The SMILES string of the molecule is CC(=O)N[C@H]1[C@@H](O[C@@H]2[C@H](O)[C@@H](O)[C@@H](O)O[C@@H]2C(=O)O)O[C@H](C)[C@H](N)[C@@H]1O[C@H]1O[C@H](C(=O)O)[C@H](O)[C@H](O)[C@H]1O. The maximum Gasteiger partial charge on any atom is 0.335 e. The highest BCUT2D eigenvalue weighted by molar-refractivity contribution is 5.74. The Bertz CT molecular complexity index is 878. The molecule has 3 saturated heterocycles. The number of amides is 1. The molecule has 0 radical (unpaired) electrons. The van der Waals surface area contributed by atoms with Gasteiger partial charge in [0.05, 0.1) is 12.1 Å². The summed E-state index contributed by atoms with van der Waals surface area (Å²) in [4.78, 5) is 35.1. The van der Waals surface area contributed by atoms with Crippen molar-refractivity contribution in [2.45, 2.75) is 106 Å². The molecule has 0 bridgehead atoms. The Labute approximate surface area is 214 Å². The van der Waals surface area contributed by atoms with Gasteiger partial charge in [0.15, 0.2) is 31.1 Å². The lowest BCUT2D eigenvalue weighted by Crippen LogP contribution is -2.70. The third-order valence-electron chi connectivity index (χ3n) is 6.49. The van der Waals surface area contributed by atoms with Gasteiger partial charge in [0.25, 0.3) is 0 Å². The quantitative estimate of drug-likeness (QED) is 0.139. The fraction of sp³-hybridized carbons (Fsp3) is 0.850. The number of hydrogen-bond acceptors (Lipinski definition) is 15. The number of ether oxygens (including phenoxy) is 5. The molecule has 0 saturated carbocycles. The van der Waals surface area contributed by atoms with Crippen LogP contribution >= 0.6 is 0 Å². The van der Waals surface area contributed by atoms with E-state index in [0.717, 1.165) is 6.92 Å². The number of carbonyl (C=O) groups is 3. The van der Waals surface area contributed by atoms with Crippen LogP contribution in [0.4, 0.5) is 0 Å². The highest BCUT2D eigenvalue weighted by Gasteiger charge is 2.54. The summed E-state index contributed by atoms with van der Waals surface area (Å²) in [6, 6.07) is -2.57. The molecule has 1 amide bonds. The fourth-order valence-corrected chi connectivity index (χ4v) is 4.40. The van der Waals surface area contributed by atoms with Gasteiger partial charge < -0.3 is 75.6 Å². The van der Waals surface area contributed by atoms with E-state index >= 15 is 0 Å². The predicted octanol–water partition coefficient (Wildman–Crippen LogP) is -6.25. The molecule has 15 atom stereocenters. The summed E-state index contributed by atoms with van der Waals surface area (Å²) in [7, 11) is 0. The Kier molecular flexibility index (Phi) is 9.61. The van der Waals surface area contributed by atoms with E-state index in [0.29, 0.717) is 0 Å². The molecule has 18 heteroatoms. The van der Waals surface area contributed by atoms with Crippen LogP contribution in [0.3, 0.4) is 0 Å². The van der Waals surface area contributed by atoms with Crippen LogP contribution in [0.25, 0.3) is 0 Å². The van der Waals surface area contributed by atoms with Crippen LogP contribution in [-0.2, 0) is 38.1 Å². The number of aliphatic hydroxyl groups excluding tert-OH is 6. The van der Waals surface area contributed by atoms with Crippen LogP contribution in [0.5, 0.6) is 0 Å². The molecule has 38 heavy (non-hydrogen) atoms. The molecule has 218 valence electrons. The third kappa shape index (κ3) is 6.06. The van der Waals surface area contributed by atoms with Gasteiger partial charge in [-0.15, -0.1) is 0 Å². The van der Waals surface area contributed by atoms with Crippen molar-refractivity contribution in [2.75, 3.05) is 0 Å². The van der Waals surface area contributed by atoms with Crippen LogP contribution < -0.4 is 11.1 Å². The molecule has 0 aromatic heterocycles. The van der Waals surface area contributed by atoms with Crippen molar-refractivity contribution in [1.29, 1.82) is 0 Å². The van der Waals surface area contributed by atoms with Gasteiger partial charge >= 0.3 is 11.9 Å². The molecule has 0 spiro atoms. The summed E-state index contributed by atoms with van der Waals surface area (Å²) < 4.78 is 26.9. The van der Waals surface area contributed by atoms with Gasteiger partial charge in [-0.1, -0.05) is 0 Å². The number of aliphatic hydroxyl groups is 6. The van der Waals surface area contributed by atoms with Gasteiger partial charge in [-0.3, -0.25) is 4.79 Å². The van der Waals surface area contributed by atoms with E-state index in [1.165, 1.54) is 6.92 Å². The highest BCUT2D eigenvalue weighted by atomic mass is 16.7. The molecule has 3 aliphatic heterocycles. The lowest BCUT2D eigenvalue weighted by molar-refractivity contribution is -0.345. The number of aliphatic carboxylic acids is 2. The topological polar surface area (TPSA) is 297 Å². The Morgan fingerprint density at radius 2 is 1.32 bits per heavy atom. The summed E-state index contributed by atoms with van der Waals surface area (Å²) in [6.07, 6.45) is -23.8. The lowest BCUT2D eigenvalue weighted by Gasteiger charge is -2.49. The molecule has 3 aliphatic rings. The summed E-state index contributed by atoms with van der Waals surface area (Å²) in [5.41, 5.74) is 6.18. The zero-order valence-corrected chi connectivity index (χ0v) is 20.1. The zero-order chi connectivity index (χ0) is 28.6. The van der Waals surface area contributed by atoms with Gasteiger partial charge in [0.1, 0.15) is 48.8 Å². The average Bonchev–Trinajstić information content (AvgIpc) is 2.83. The molecule has 3 heterocycles. The number of carbonyl (C=O) groups excluding carboxylic acids is 1. The monoisotopic (exact) mass is 556 g/mol. The first-order chi connectivity index (χ1) is 17.6. The van der Waals surface area contributed by atoms with Crippen molar-refractivity contribution in [1.82, 2.24) is 5.32 Å². The Balaban J connectivity index is 1.91. The van der Waals surface area contributed by atoms with Crippen LogP contribution in [0.1, 0.15) is 13.8 Å². The van der Waals surface area contributed by atoms with Crippen molar-refractivity contribution < 1.29 is 78.9 Å². The van der Waals surface area contributed by atoms with E-state index in [1.807, 2.05) is 0 Å². The molecule has 0 unspecified atom stereocenters. The smallest absolute Gasteiger partial charge is 0.335 e. The normalized spacial score (nSPS) is 47.8. The van der Waals surface area contributed by atoms with Crippen molar-refractivity contribution >= 4 is 17.8 Å². The Morgan fingerprint density at radius 1 is 0.737 bits per heavy atom. The number of carboxylic acids is 2. The molecular weight excluding hydrogens is 524 g/mol. The Hall–Kier alpha value is -2.07. The van der Waals surface area contributed by atoms with E-state index in [2.05, 4.69) is 5.32 Å². The molecule has 0 aromatic carbocycles. The number of nitrogens with two attached hydrogens (primary N) is 1. The second-order valence-corrected chi connectivity index (χ2v) is 9.22. The number of nitrogens with one attached hydrogen (secondary N) is 1. The second kappa shape index (κ2) is 12.0. The molecule has 3 rings (SSSR count). The van der Waals surface area contributed by atoms with E-state index in [1.54, 1.807) is 0 Å². The maximum atomic E-state index is 12.0. The van der Waals surface area contributed by atoms with Crippen molar-refractivity contribution in [3.05, 3.63) is 0 Å². The molecule has 0 aliphatic carbocycles. The molecule has 3 fully saturated rings. The van der Waals surface area contributed by atoms with Crippen molar-refractivity contribution in [3.63, 3.8) is 0 Å². The van der Waals surface area contributed by atoms with E-state index in [9.17, 15) is 55.2 Å². The summed E-state index contributed by atoms with van der Waals surface area (Å²) in [5.74, 6) is -4.04. The van der Waals surface area contributed by atoms with Crippen LogP contribution in [0.15, 0.2) is 0 Å². The first-order valence-corrected chi connectivity index (χ1v) is 11.5. The van der Waals surface area contributed by atoms with Crippen LogP contribution in [-0.4, -0.2) is 151 Å². The zero-order valence-electron chi connectivity index (χ0n) is 20.1. The minimum absolute atomic E-state index is 0.697. The van der Waals surface area contributed by atoms with Gasteiger partial charge in [-0.05, 0) is 6.92 Å². The summed E-state index contributed by atoms with van der Waals surface area (Å²) >= 11 is 0. The van der Waals surface area contributed by atoms with Crippen molar-refractivity contribution in [3.8, 4) is 0 Å². The third-order valence-corrected chi connectivity index (χ3v) is 6.49. The molecule has 18 nitrogen and oxygen atoms in total. The fourth-order valence-electron chi connectivity index (χ4n) is 4.40. The predicted molar refractivity (Wildman–Crippen MR) is 115 cm³/mol. The first kappa shape index (κ1) is 30.5. The van der Waals surface area contributed by atoms with Gasteiger partial charge in [0.2, 0.25) is 5.91 Å². The standard InChI is InChI=1S/C20H32N2O16/c1-3-5(21)12(36-20-11(28)7(24)8(25)14(38-20)16(29)30)6(22-4(2)23)19(34-3)37-13-9(26)10(27)18(33)35-15(13)17(31)32/h3,5-15,18-20,24-28,33H,21H2,1-2H3,(H,22,23)(H,29,30)(H,31,32)/t3-,5+,6-,7+,8-,9-,10-,11-,12+,13-,14+,15+,18+,19-,20+/m1/s1. The highest BCUT2D eigenvalue weighted by Crippen LogP contribution is 2.32. The Morgan fingerprint density at radius 3 is 1.87 bits per heavy atom. The van der Waals surface area contributed by atoms with Gasteiger partial charge in [-0.2, -0.15) is 0 Å². The maximum absolute atomic E-state index is 12.0. The summed E-state index contributed by atoms with van der Waals surface area (Å²) in [5, 5.41) is 81.6. The summed E-state index contributed by atoms with van der Waals surface area (Å²) in [6.45, 7) is 2.52. The average molecular weight is 556 g/mol. The molecule has 0 aromatic rings. The van der Waals surface area contributed by atoms with E-state index < -0.39 is 110 Å². The van der Waals surface area contributed by atoms with Crippen LogP contribution in [0.2, 0.25) is 0 Å². The van der Waals surface area contributed by atoms with E-state index in [4.69, 9.17) is 29.4 Å². The van der Waals surface area contributed by atoms with Crippen LogP contribution in [0, 0.1) is 0 Å². The first-order valence-electron chi connectivity index (χ1n) is 11.5. The lowest BCUT2D eigenvalue weighted by atomic mass is 9.93. The number of rotatable bonds is 7. The largest absolute Gasteiger partial charge is 0.479 e. The number of carboxylic acid groups (broad SMARTS) is 2. The van der Waals surface area contributed by atoms with Crippen molar-refractivity contribution in [2.24, 2.45) is 5.73 Å². The molecular formula is C20H32N2O16. The number of hydrogen-bond donors (Lipinski definition) is 10. The minimum atomic E-state index is -2.05. The minimum Gasteiger partial charge on any atom is -0.479 e. The van der Waals surface area contributed by atoms with Gasteiger partial charge in [0, 0.05) is 6.92 Å². The second-order valence-electron chi connectivity index (χ2n) is 9.22. The van der Waals surface area contributed by atoms with Gasteiger partial charge in [-0.25, -0.2) is 9.59 Å². The molecule has 11 N–H and O–H groups in total.